The summed E-state index contributed by atoms with van der Waals surface area (Å²) in [5, 5.41) is 8.99. The molecule has 0 radical (unpaired) electrons. The third-order valence-electron chi connectivity index (χ3n) is 3.73. The third kappa shape index (κ3) is 9.40. The lowest BCUT2D eigenvalue weighted by atomic mass is 10.2. The van der Waals surface area contributed by atoms with Gasteiger partial charge in [0.25, 0.3) is 0 Å². The number of anilines is 1. The summed E-state index contributed by atoms with van der Waals surface area (Å²) in [6.45, 7) is 7.75. The number of nitrogens with zero attached hydrogens (tertiary/aromatic N) is 3. The van der Waals surface area contributed by atoms with E-state index in [9.17, 15) is 13.2 Å². The van der Waals surface area contributed by atoms with Gasteiger partial charge in [-0.25, -0.2) is 15.0 Å². The molecule has 7 nitrogen and oxygen atoms in total. The fraction of sp³-hybridized carbons (Fsp3) is 0.350. The van der Waals surface area contributed by atoms with Gasteiger partial charge in [0, 0.05) is 31.4 Å². The number of para-hydroxylation sites is 1. The lowest BCUT2D eigenvalue weighted by molar-refractivity contribution is -0.141. The smallest absolute Gasteiger partial charge is 0.433 e. The van der Waals surface area contributed by atoms with Crippen molar-refractivity contribution in [2.75, 3.05) is 31.6 Å². The summed E-state index contributed by atoms with van der Waals surface area (Å²) < 4.78 is 43.7. The number of hydrogen-bond acceptors (Lipinski definition) is 5. The van der Waals surface area contributed by atoms with Gasteiger partial charge in [-0.05, 0) is 19.1 Å². The van der Waals surface area contributed by atoms with Crippen LogP contribution in [0.5, 0.6) is 5.75 Å². The fourth-order valence-corrected chi connectivity index (χ4v) is 2.39. The zero-order valence-corrected chi connectivity index (χ0v) is 19.4. The highest BCUT2D eigenvalue weighted by Crippen LogP contribution is 2.27. The van der Waals surface area contributed by atoms with E-state index in [0.29, 0.717) is 38.7 Å². The number of ether oxygens (including phenoxy) is 1. The van der Waals surface area contributed by atoms with Crippen molar-refractivity contribution in [3.05, 3.63) is 60.4 Å². The Morgan fingerprint density at radius 3 is 2.68 bits per heavy atom. The van der Waals surface area contributed by atoms with Crippen LogP contribution in [0.4, 0.5) is 19.1 Å². The molecule has 1 heterocycles. The molecule has 0 aliphatic carbocycles. The molecule has 11 heteroatoms. The van der Waals surface area contributed by atoms with E-state index in [1.807, 2.05) is 31.2 Å². The first-order valence-electron chi connectivity index (χ1n) is 9.42. The predicted molar refractivity (Wildman–Crippen MR) is 126 cm³/mol. The number of nitrogens with one attached hydrogen (secondary N) is 3. The highest BCUT2D eigenvalue weighted by Gasteiger charge is 2.32. The Labute approximate surface area is 196 Å². The van der Waals surface area contributed by atoms with Gasteiger partial charge >= 0.3 is 6.18 Å². The molecule has 2 aromatic rings. The number of guanidine groups is 1. The van der Waals surface area contributed by atoms with Crippen LogP contribution in [0, 0.1) is 0 Å². The number of halogens is 4. The minimum atomic E-state index is -4.51. The van der Waals surface area contributed by atoms with Gasteiger partial charge in [-0.1, -0.05) is 30.9 Å². The second-order valence-corrected chi connectivity index (χ2v) is 6.02. The molecule has 0 bridgehead atoms. The molecule has 170 valence electrons. The maximum atomic E-state index is 12.7. The summed E-state index contributed by atoms with van der Waals surface area (Å²) in [6, 6.07) is 8.42. The van der Waals surface area contributed by atoms with E-state index in [1.54, 1.807) is 6.08 Å². The Bertz CT molecular complexity index is 848. The number of alkyl halides is 3. The zero-order chi connectivity index (χ0) is 21.8. The van der Waals surface area contributed by atoms with Crippen LogP contribution in [0.3, 0.4) is 0 Å². The van der Waals surface area contributed by atoms with Gasteiger partial charge in [-0.2, -0.15) is 13.2 Å². The lowest BCUT2D eigenvalue weighted by Crippen LogP contribution is -2.39. The predicted octanol–water partition coefficient (Wildman–Crippen LogP) is 3.85. The third-order valence-corrected chi connectivity index (χ3v) is 3.73. The molecule has 1 aromatic carbocycles. The van der Waals surface area contributed by atoms with Gasteiger partial charge < -0.3 is 20.7 Å². The number of benzene rings is 1. The van der Waals surface area contributed by atoms with Crippen LogP contribution in [0.25, 0.3) is 0 Å². The maximum absolute atomic E-state index is 12.7. The summed E-state index contributed by atoms with van der Waals surface area (Å²) in [5.41, 5.74) is -0.0627. The normalized spacial score (nSPS) is 11.3. The van der Waals surface area contributed by atoms with Gasteiger partial charge in [0.2, 0.25) is 5.95 Å². The summed E-state index contributed by atoms with van der Waals surface area (Å²) >= 11 is 0. The highest BCUT2D eigenvalue weighted by atomic mass is 127. The van der Waals surface area contributed by atoms with Crippen LogP contribution in [-0.2, 0) is 12.7 Å². The molecule has 0 atom stereocenters. The molecule has 0 unspecified atom stereocenters. The molecule has 2 rings (SSSR count). The van der Waals surface area contributed by atoms with Crippen molar-refractivity contribution in [1.29, 1.82) is 0 Å². The molecule has 0 aliphatic heterocycles. The Balaban J connectivity index is 0.00000480. The fourth-order valence-electron chi connectivity index (χ4n) is 2.39. The Hall–Kier alpha value is -2.57. The van der Waals surface area contributed by atoms with Crippen LogP contribution in [0.15, 0.2) is 54.2 Å². The largest absolute Gasteiger partial charge is 0.489 e. The minimum absolute atomic E-state index is 0. The minimum Gasteiger partial charge on any atom is -0.489 e. The van der Waals surface area contributed by atoms with E-state index < -0.39 is 11.9 Å². The van der Waals surface area contributed by atoms with Crippen LogP contribution in [0.1, 0.15) is 18.2 Å². The Morgan fingerprint density at radius 2 is 1.97 bits per heavy atom. The lowest BCUT2D eigenvalue weighted by Gasteiger charge is -2.13. The van der Waals surface area contributed by atoms with Crippen molar-refractivity contribution in [2.45, 2.75) is 19.6 Å². The second kappa shape index (κ2) is 13.7. The zero-order valence-electron chi connectivity index (χ0n) is 17.1. The number of rotatable bonds is 10. The first-order valence-corrected chi connectivity index (χ1v) is 9.42. The van der Waals surface area contributed by atoms with Gasteiger partial charge in [-0.15, -0.1) is 24.0 Å². The molecule has 1 aromatic heterocycles. The van der Waals surface area contributed by atoms with Crippen molar-refractivity contribution in [1.82, 2.24) is 20.6 Å². The first-order chi connectivity index (χ1) is 14.4. The molecule has 0 fully saturated rings. The molecule has 3 N–H and O–H groups in total. The average molecular weight is 550 g/mol. The molecule has 0 saturated heterocycles. The van der Waals surface area contributed by atoms with E-state index in [-0.39, 0.29) is 29.9 Å². The Kier molecular flexibility index (Phi) is 11.7. The second-order valence-electron chi connectivity index (χ2n) is 6.02. The van der Waals surface area contributed by atoms with Crippen molar-refractivity contribution in [3.63, 3.8) is 0 Å². The van der Waals surface area contributed by atoms with Crippen molar-refractivity contribution < 1.29 is 17.9 Å². The standard InChI is InChI=1S/C20H25F3N6O.HI/c1-3-13-30-16-8-6-5-7-15(16)14-28-18(24-4-2)26-11-12-27-19-25-10-9-17(29-19)20(21,22)23;/h3,5-10H,1,4,11-14H2,2H3,(H2,24,26,28)(H,25,27,29);1H. The molecular weight excluding hydrogens is 524 g/mol. The van der Waals surface area contributed by atoms with E-state index >= 15 is 0 Å². The van der Waals surface area contributed by atoms with Crippen molar-refractivity contribution in [3.8, 4) is 5.75 Å². The van der Waals surface area contributed by atoms with Crippen LogP contribution in [0.2, 0.25) is 0 Å². The maximum Gasteiger partial charge on any atom is 0.433 e. The quantitative estimate of drug-likeness (QED) is 0.137. The Morgan fingerprint density at radius 1 is 1.19 bits per heavy atom. The highest BCUT2D eigenvalue weighted by molar-refractivity contribution is 14.0. The topological polar surface area (TPSA) is 83.5 Å². The van der Waals surface area contributed by atoms with Gasteiger partial charge in [-0.3, -0.25) is 0 Å². The van der Waals surface area contributed by atoms with Gasteiger partial charge in [0.05, 0.1) is 6.54 Å². The van der Waals surface area contributed by atoms with Gasteiger partial charge in [0.15, 0.2) is 5.96 Å². The van der Waals surface area contributed by atoms with Crippen molar-refractivity contribution in [2.24, 2.45) is 4.99 Å². The van der Waals surface area contributed by atoms with E-state index in [0.717, 1.165) is 23.6 Å². The average Bonchev–Trinajstić information content (AvgIpc) is 2.73. The monoisotopic (exact) mass is 550 g/mol. The number of aromatic nitrogens is 2. The van der Waals surface area contributed by atoms with E-state index in [2.05, 4.69) is 37.5 Å². The summed E-state index contributed by atoms with van der Waals surface area (Å²) in [4.78, 5) is 11.8. The summed E-state index contributed by atoms with van der Waals surface area (Å²) in [5.74, 6) is 1.23. The number of hydrogen-bond donors (Lipinski definition) is 3. The molecule has 0 amide bonds. The first kappa shape index (κ1) is 26.5. The SMILES string of the molecule is C=CCOc1ccccc1CN=C(NCC)NCCNc1nccc(C(F)(F)F)n1.I. The molecule has 0 aliphatic rings. The number of aliphatic imine (C=N–C) groups is 1. The molecular formula is C20H26F3IN6O. The molecule has 31 heavy (non-hydrogen) atoms. The van der Waals surface area contributed by atoms with Crippen LogP contribution in [-0.4, -0.2) is 42.2 Å². The summed E-state index contributed by atoms with van der Waals surface area (Å²) in [7, 11) is 0. The van der Waals surface area contributed by atoms with Gasteiger partial charge in [0.1, 0.15) is 18.1 Å². The van der Waals surface area contributed by atoms with E-state index in [1.165, 1.54) is 0 Å². The van der Waals surface area contributed by atoms with Crippen LogP contribution < -0.4 is 20.7 Å². The van der Waals surface area contributed by atoms with E-state index in [4.69, 9.17) is 4.74 Å². The molecule has 0 saturated carbocycles. The van der Waals surface area contributed by atoms with Crippen molar-refractivity contribution >= 4 is 35.9 Å². The summed E-state index contributed by atoms with van der Waals surface area (Å²) in [6.07, 6.45) is -1.76. The molecule has 0 spiro atoms. The van der Waals surface area contributed by atoms with Crippen LogP contribution >= 0.6 is 24.0 Å².